The van der Waals surface area contributed by atoms with E-state index in [9.17, 15) is 9.59 Å². The van der Waals surface area contributed by atoms with Gasteiger partial charge in [0.05, 0.1) is 0 Å². The predicted molar refractivity (Wildman–Crippen MR) is 94.9 cm³/mol. The summed E-state index contributed by atoms with van der Waals surface area (Å²) in [6.45, 7) is 0. The number of urea groups is 1. The Bertz CT molecular complexity index is 546. The number of nitrogens with zero attached hydrogens (tertiary/aromatic N) is 1. The van der Waals surface area contributed by atoms with E-state index in [0.29, 0.717) is 5.56 Å². The highest BCUT2D eigenvalue weighted by Gasteiger charge is 2.32. The molecule has 4 heteroatoms. The van der Waals surface area contributed by atoms with Gasteiger partial charge in [-0.15, -0.1) is 0 Å². The molecule has 0 radical (unpaired) electrons. The van der Waals surface area contributed by atoms with Crippen LogP contribution in [-0.4, -0.2) is 28.9 Å². The molecule has 0 aromatic heterocycles. The summed E-state index contributed by atoms with van der Waals surface area (Å²) in [4.78, 5) is 27.4. The smallest absolute Gasteiger partial charge is 0.324 e. The van der Waals surface area contributed by atoms with Crippen LogP contribution < -0.4 is 5.32 Å². The normalized spacial score (nSPS) is 19.7. The Kier molecular flexibility index (Phi) is 5.89. The third kappa shape index (κ3) is 4.16. The van der Waals surface area contributed by atoms with E-state index in [1.807, 2.05) is 18.2 Å². The van der Waals surface area contributed by atoms with Gasteiger partial charge in [-0.25, -0.2) is 4.79 Å². The fraction of sp³-hybridized carbons (Fsp3) is 0.600. The topological polar surface area (TPSA) is 49.4 Å². The average Bonchev–Trinajstić information content (AvgIpc) is 2.64. The molecule has 0 aliphatic heterocycles. The number of hydrogen-bond donors (Lipinski definition) is 1. The fourth-order valence-electron chi connectivity index (χ4n) is 3.97. The van der Waals surface area contributed by atoms with Gasteiger partial charge in [0.15, 0.2) is 0 Å². The number of carbonyl (C=O) groups excluding carboxylic acids is 2. The summed E-state index contributed by atoms with van der Waals surface area (Å²) in [7, 11) is 0. The van der Waals surface area contributed by atoms with E-state index in [-0.39, 0.29) is 24.0 Å². The molecule has 24 heavy (non-hydrogen) atoms. The molecule has 0 bridgehead atoms. The lowest BCUT2D eigenvalue weighted by molar-refractivity contribution is 0.0701. The van der Waals surface area contributed by atoms with Gasteiger partial charge in [-0.05, 0) is 37.8 Å². The van der Waals surface area contributed by atoms with Gasteiger partial charge in [0.1, 0.15) is 0 Å². The highest BCUT2D eigenvalue weighted by atomic mass is 16.2. The minimum atomic E-state index is -0.192. The van der Waals surface area contributed by atoms with Crippen molar-refractivity contribution in [2.45, 2.75) is 76.3 Å². The highest BCUT2D eigenvalue weighted by Crippen LogP contribution is 2.25. The first-order chi connectivity index (χ1) is 11.8. The number of nitrogens with one attached hydrogen (secondary N) is 1. The molecule has 0 saturated heterocycles. The van der Waals surface area contributed by atoms with Gasteiger partial charge in [0.2, 0.25) is 0 Å². The van der Waals surface area contributed by atoms with Gasteiger partial charge in [0, 0.05) is 17.6 Å². The minimum Gasteiger partial charge on any atom is -0.335 e. The minimum absolute atomic E-state index is 0.0371. The molecule has 0 unspecified atom stereocenters. The summed E-state index contributed by atoms with van der Waals surface area (Å²) < 4.78 is 0. The molecule has 2 fully saturated rings. The van der Waals surface area contributed by atoms with Crippen LogP contribution in [0.25, 0.3) is 0 Å². The van der Waals surface area contributed by atoms with Crippen LogP contribution in [0.5, 0.6) is 0 Å². The van der Waals surface area contributed by atoms with Gasteiger partial charge in [-0.1, -0.05) is 56.7 Å². The molecule has 2 aliphatic carbocycles. The van der Waals surface area contributed by atoms with Crippen molar-refractivity contribution in [3.63, 3.8) is 0 Å². The molecular formula is C20H28N2O2. The summed E-state index contributed by atoms with van der Waals surface area (Å²) in [5.74, 6) is -0.157. The number of imide groups is 1. The molecule has 2 saturated carbocycles. The lowest BCUT2D eigenvalue weighted by Gasteiger charge is -2.34. The van der Waals surface area contributed by atoms with Crippen LogP contribution in [0, 0.1) is 0 Å². The van der Waals surface area contributed by atoms with Crippen LogP contribution in [0.3, 0.4) is 0 Å². The standard InChI is InChI=1S/C20H28N2O2/c23-19(16-10-4-1-5-11-16)22(18-14-8-3-9-15-18)20(24)21-17-12-6-2-7-13-17/h1,4-5,10-11,17-18H,2-3,6-9,12-15H2,(H,21,24). The second-order valence-electron chi connectivity index (χ2n) is 7.12. The van der Waals surface area contributed by atoms with Gasteiger partial charge in [-0.3, -0.25) is 9.69 Å². The van der Waals surface area contributed by atoms with E-state index in [2.05, 4.69) is 5.32 Å². The van der Waals surface area contributed by atoms with Gasteiger partial charge >= 0.3 is 6.03 Å². The average molecular weight is 328 g/mol. The quantitative estimate of drug-likeness (QED) is 0.888. The lowest BCUT2D eigenvalue weighted by atomic mass is 9.93. The molecule has 1 N–H and O–H groups in total. The summed E-state index contributed by atoms with van der Waals surface area (Å²) in [6, 6.07) is 9.26. The van der Waals surface area contributed by atoms with Crippen LogP contribution in [0.15, 0.2) is 30.3 Å². The van der Waals surface area contributed by atoms with Crippen LogP contribution in [0.2, 0.25) is 0 Å². The Morgan fingerprint density at radius 3 is 2.04 bits per heavy atom. The fourth-order valence-corrected chi connectivity index (χ4v) is 3.97. The van der Waals surface area contributed by atoms with Crippen LogP contribution in [0.1, 0.15) is 74.6 Å². The third-order valence-electron chi connectivity index (χ3n) is 5.33. The van der Waals surface area contributed by atoms with Crippen LogP contribution >= 0.6 is 0 Å². The molecule has 0 spiro atoms. The van der Waals surface area contributed by atoms with E-state index in [0.717, 1.165) is 38.5 Å². The van der Waals surface area contributed by atoms with Crippen molar-refractivity contribution < 1.29 is 9.59 Å². The Hall–Kier alpha value is -1.84. The summed E-state index contributed by atoms with van der Waals surface area (Å²) in [5.41, 5.74) is 0.599. The van der Waals surface area contributed by atoms with Gasteiger partial charge < -0.3 is 5.32 Å². The molecule has 130 valence electrons. The molecular weight excluding hydrogens is 300 g/mol. The first-order valence-corrected chi connectivity index (χ1v) is 9.45. The number of rotatable bonds is 3. The zero-order valence-electron chi connectivity index (χ0n) is 14.4. The van der Waals surface area contributed by atoms with E-state index < -0.39 is 0 Å². The molecule has 1 aromatic carbocycles. The Labute approximate surface area is 144 Å². The lowest BCUT2D eigenvalue weighted by Crippen LogP contribution is -2.52. The SMILES string of the molecule is O=C(NC1CCCCC1)N(C(=O)c1ccccc1)C1CCCCC1. The summed E-state index contributed by atoms with van der Waals surface area (Å²) >= 11 is 0. The molecule has 2 aliphatic rings. The zero-order valence-corrected chi connectivity index (χ0v) is 14.4. The highest BCUT2D eigenvalue weighted by molar-refractivity contribution is 6.04. The molecule has 0 atom stereocenters. The Morgan fingerprint density at radius 2 is 1.42 bits per heavy atom. The monoisotopic (exact) mass is 328 g/mol. The van der Waals surface area contributed by atoms with Crippen molar-refractivity contribution in [2.24, 2.45) is 0 Å². The molecule has 0 heterocycles. The largest absolute Gasteiger partial charge is 0.335 e. The van der Waals surface area contributed by atoms with Crippen molar-refractivity contribution in [2.75, 3.05) is 0 Å². The number of benzene rings is 1. The molecule has 1 aromatic rings. The van der Waals surface area contributed by atoms with Crippen LogP contribution in [-0.2, 0) is 0 Å². The van der Waals surface area contributed by atoms with Crippen molar-refractivity contribution in [1.29, 1.82) is 0 Å². The maximum Gasteiger partial charge on any atom is 0.324 e. The molecule has 3 rings (SSSR count). The second kappa shape index (κ2) is 8.32. The Balaban J connectivity index is 1.75. The Morgan fingerprint density at radius 1 is 0.833 bits per heavy atom. The maximum atomic E-state index is 13.0. The van der Waals surface area contributed by atoms with E-state index in [1.165, 1.54) is 30.6 Å². The van der Waals surface area contributed by atoms with Crippen LogP contribution in [0.4, 0.5) is 4.79 Å². The zero-order chi connectivity index (χ0) is 16.8. The van der Waals surface area contributed by atoms with E-state index in [1.54, 1.807) is 12.1 Å². The first-order valence-electron chi connectivity index (χ1n) is 9.45. The second-order valence-corrected chi connectivity index (χ2v) is 7.12. The number of hydrogen-bond acceptors (Lipinski definition) is 2. The van der Waals surface area contributed by atoms with Crippen molar-refractivity contribution in [3.05, 3.63) is 35.9 Å². The van der Waals surface area contributed by atoms with Crippen molar-refractivity contribution >= 4 is 11.9 Å². The molecule has 3 amide bonds. The first kappa shape index (κ1) is 17.0. The number of carbonyl (C=O) groups is 2. The van der Waals surface area contributed by atoms with Gasteiger partial charge in [-0.2, -0.15) is 0 Å². The van der Waals surface area contributed by atoms with Gasteiger partial charge in [0.25, 0.3) is 5.91 Å². The van der Waals surface area contributed by atoms with Crippen molar-refractivity contribution in [3.8, 4) is 0 Å². The predicted octanol–water partition coefficient (Wildman–Crippen LogP) is 4.50. The van der Waals surface area contributed by atoms with E-state index >= 15 is 0 Å². The van der Waals surface area contributed by atoms with Crippen molar-refractivity contribution in [1.82, 2.24) is 10.2 Å². The number of amides is 3. The summed E-state index contributed by atoms with van der Waals surface area (Å²) in [5, 5.41) is 3.13. The van der Waals surface area contributed by atoms with E-state index in [4.69, 9.17) is 0 Å². The molecule has 4 nitrogen and oxygen atoms in total. The maximum absolute atomic E-state index is 13.0. The summed E-state index contributed by atoms with van der Waals surface area (Å²) in [6.07, 6.45) is 10.9. The third-order valence-corrected chi connectivity index (χ3v) is 5.33.